The van der Waals surface area contributed by atoms with E-state index in [-0.39, 0.29) is 18.0 Å². The molecule has 0 radical (unpaired) electrons. The van der Waals surface area contributed by atoms with E-state index in [1.54, 1.807) is 12.1 Å². The molecule has 1 aromatic rings. The summed E-state index contributed by atoms with van der Waals surface area (Å²) in [5, 5.41) is 3.13. The van der Waals surface area contributed by atoms with Crippen LogP contribution in [0.1, 0.15) is 38.2 Å². The van der Waals surface area contributed by atoms with Crippen molar-refractivity contribution in [1.82, 2.24) is 0 Å². The Morgan fingerprint density at radius 1 is 1.25 bits per heavy atom. The van der Waals surface area contributed by atoms with Crippen LogP contribution in [0.2, 0.25) is 0 Å². The van der Waals surface area contributed by atoms with Crippen molar-refractivity contribution in [2.75, 3.05) is 5.32 Å². The highest BCUT2D eigenvalue weighted by molar-refractivity contribution is 6.04. The van der Waals surface area contributed by atoms with Crippen molar-refractivity contribution in [3.05, 3.63) is 65.2 Å². The molecule has 4 heteroatoms. The molecule has 24 heavy (non-hydrogen) atoms. The first kappa shape index (κ1) is 16.4. The maximum Gasteiger partial charge on any atom is 0.134 e. The zero-order valence-electron chi connectivity index (χ0n) is 13.8. The minimum Gasteiger partial charge on any atom is -0.340 e. The van der Waals surface area contributed by atoms with Gasteiger partial charge in [-0.3, -0.25) is 4.79 Å². The first-order valence-corrected chi connectivity index (χ1v) is 8.31. The third-order valence-corrected chi connectivity index (χ3v) is 4.23. The topological polar surface area (TPSA) is 41.5 Å². The van der Waals surface area contributed by atoms with E-state index < -0.39 is 0 Å². The van der Waals surface area contributed by atoms with Gasteiger partial charge < -0.3 is 5.32 Å². The predicted molar refractivity (Wildman–Crippen MR) is 95.6 cm³/mol. The molecule has 0 spiro atoms. The zero-order chi connectivity index (χ0) is 16.9. The van der Waals surface area contributed by atoms with Crippen LogP contribution in [-0.2, 0) is 11.2 Å². The fourth-order valence-electron chi connectivity index (χ4n) is 2.99. The Balaban J connectivity index is 1.76. The van der Waals surface area contributed by atoms with E-state index in [0.717, 1.165) is 12.8 Å². The number of hydrogen-bond donors (Lipinski definition) is 1. The number of carbonyl (C=O) groups excluding carboxylic acids is 1. The molecule has 0 amide bonds. The lowest BCUT2D eigenvalue weighted by atomic mass is 9.89. The summed E-state index contributed by atoms with van der Waals surface area (Å²) in [4.78, 5) is 15.6. The number of allylic oxidation sites excluding steroid dienone is 4. The average molecular weight is 324 g/mol. The number of anilines is 1. The lowest BCUT2D eigenvalue weighted by Crippen LogP contribution is -2.10. The van der Waals surface area contributed by atoms with Crippen molar-refractivity contribution in [3.63, 3.8) is 0 Å². The highest BCUT2D eigenvalue weighted by atomic mass is 19.1. The van der Waals surface area contributed by atoms with Crippen molar-refractivity contribution in [1.29, 1.82) is 0 Å². The number of benzene rings is 1. The summed E-state index contributed by atoms with van der Waals surface area (Å²) >= 11 is 0. The largest absolute Gasteiger partial charge is 0.340 e. The van der Waals surface area contributed by atoms with Gasteiger partial charge in [0, 0.05) is 18.3 Å². The standard InChI is InChI=1S/C20H21FN2O/c1-14(24)11-16-9-10-18(12-19(16)21)23-20-8-4-7-15-5-2-3-6-17(15)13-22-20/h4,7-10,12-13H,2-3,5-6,11H2,1H3,(H,22,23). The molecule has 0 unspecified atom stereocenters. The van der Waals surface area contributed by atoms with Gasteiger partial charge in [0.05, 0.1) is 0 Å². The Labute approximate surface area is 141 Å². The van der Waals surface area contributed by atoms with Crippen LogP contribution in [0.5, 0.6) is 0 Å². The highest BCUT2D eigenvalue weighted by Crippen LogP contribution is 2.29. The van der Waals surface area contributed by atoms with Crippen LogP contribution in [0.25, 0.3) is 0 Å². The predicted octanol–water partition coefficient (Wildman–Crippen LogP) is 4.72. The van der Waals surface area contributed by atoms with Gasteiger partial charge in [0.2, 0.25) is 0 Å². The quantitative estimate of drug-likeness (QED) is 0.874. The van der Waals surface area contributed by atoms with Gasteiger partial charge in [0.1, 0.15) is 17.4 Å². The second-order valence-corrected chi connectivity index (χ2v) is 6.24. The van der Waals surface area contributed by atoms with E-state index >= 15 is 0 Å². The summed E-state index contributed by atoms with van der Waals surface area (Å²) in [5.41, 5.74) is 3.68. The van der Waals surface area contributed by atoms with Crippen molar-refractivity contribution in [2.45, 2.75) is 39.0 Å². The Kier molecular flexibility index (Phi) is 5.04. The maximum absolute atomic E-state index is 14.1. The molecule has 2 aliphatic rings. The van der Waals surface area contributed by atoms with E-state index in [1.807, 2.05) is 18.4 Å². The first-order chi connectivity index (χ1) is 11.6. The monoisotopic (exact) mass is 324 g/mol. The summed E-state index contributed by atoms with van der Waals surface area (Å²) in [7, 11) is 0. The molecule has 1 aliphatic heterocycles. The number of hydrogen-bond acceptors (Lipinski definition) is 3. The summed E-state index contributed by atoms with van der Waals surface area (Å²) < 4.78 is 14.1. The Bertz CT molecular complexity index is 772. The van der Waals surface area contributed by atoms with E-state index in [9.17, 15) is 9.18 Å². The SMILES string of the molecule is CC(=O)Cc1ccc(NC2=N\C=C3\CCCC\C3=C\C=C\2)cc1F. The van der Waals surface area contributed by atoms with Crippen molar-refractivity contribution in [3.8, 4) is 0 Å². The third kappa shape index (κ3) is 4.07. The van der Waals surface area contributed by atoms with Crippen molar-refractivity contribution >= 4 is 17.3 Å². The molecule has 1 N–H and O–H groups in total. The molecule has 0 bridgehead atoms. The van der Waals surface area contributed by atoms with Crippen LogP contribution in [0.15, 0.2) is 58.8 Å². The van der Waals surface area contributed by atoms with Gasteiger partial charge in [-0.25, -0.2) is 9.38 Å². The van der Waals surface area contributed by atoms with Crippen LogP contribution < -0.4 is 5.32 Å². The number of amidine groups is 1. The second kappa shape index (κ2) is 7.39. The third-order valence-electron chi connectivity index (χ3n) is 4.23. The lowest BCUT2D eigenvalue weighted by Gasteiger charge is -2.18. The number of nitrogens with zero attached hydrogens (tertiary/aromatic N) is 1. The average Bonchev–Trinajstić information content (AvgIpc) is 2.53. The minimum absolute atomic E-state index is 0.0522. The number of fused-ring (bicyclic) bond motifs is 1. The number of ketones is 1. The summed E-state index contributed by atoms with van der Waals surface area (Å²) in [6, 6.07) is 4.82. The number of carbonyl (C=O) groups is 1. The highest BCUT2D eigenvalue weighted by Gasteiger charge is 2.12. The summed E-state index contributed by atoms with van der Waals surface area (Å²) in [6.07, 6.45) is 12.6. The molecule has 1 heterocycles. The molecule has 1 saturated carbocycles. The molecule has 1 fully saturated rings. The summed E-state index contributed by atoms with van der Waals surface area (Å²) in [6.45, 7) is 1.46. The number of rotatable bonds is 3. The smallest absolute Gasteiger partial charge is 0.134 e. The van der Waals surface area contributed by atoms with E-state index in [1.165, 1.54) is 37.0 Å². The Morgan fingerprint density at radius 2 is 2.04 bits per heavy atom. The van der Waals surface area contributed by atoms with Crippen LogP contribution in [0.4, 0.5) is 10.1 Å². The molecule has 1 aliphatic carbocycles. The van der Waals surface area contributed by atoms with E-state index in [0.29, 0.717) is 17.1 Å². The van der Waals surface area contributed by atoms with Crippen molar-refractivity contribution < 1.29 is 9.18 Å². The number of halogens is 1. The Hall–Kier alpha value is -2.49. The minimum atomic E-state index is -0.376. The molecule has 124 valence electrons. The zero-order valence-corrected chi connectivity index (χ0v) is 13.8. The van der Waals surface area contributed by atoms with Crippen molar-refractivity contribution in [2.24, 2.45) is 4.99 Å². The van der Waals surface area contributed by atoms with Crippen LogP contribution in [-0.4, -0.2) is 11.6 Å². The van der Waals surface area contributed by atoms with Gasteiger partial charge in [0.25, 0.3) is 0 Å². The first-order valence-electron chi connectivity index (χ1n) is 8.31. The number of aliphatic imine (C=N–C) groups is 1. The molecule has 0 aromatic heterocycles. The van der Waals surface area contributed by atoms with Crippen LogP contribution in [0.3, 0.4) is 0 Å². The maximum atomic E-state index is 14.1. The molecular weight excluding hydrogens is 303 g/mol. The van der Waals surface area contributed by atoms with Gasteiger partial charge in [0.15, 0.2) is 0 Å². The Morgan fingerprint density at radius 3 is 2.79 bits per heavy atom. The molecule has 3 rings (SSSR count). The summed E-state index contributed by atoms with van der Waals surface area (Å²) in [5.74, 6) is 0.240. The second-order valence-electron chi connectivity index (χ2n) is 6.24. The van der Waals surface area contributed by atoms with Gasteiger partial charge in [-0.15, -0.1) is 0 Å². The van der Waals surface area contributed by atoms with E-state index in [2.05, 4.69) is 16.4 Å². The molecule has 1 aromatic carbocycles. The molecule has 3 nitrogen and oxygen atoms in total. The van der Waals surface area contributed by atoms with Crippen LogP contribution >= 0.6 is 0 Å². The van der Waals surface area contributed by atoms with Crippen LogP contribution in [0, 0.1) is 5.82 Å². The molecule has 0 saturated heterocycles. The number of nitrogens with one attached hydrogen (secondary N) is 1. The van der Waals surface area contributed by atoms with Gasteiger partial charge in [-0.05, 0) is 67.5 Å². The van der Waals surface area contributed by atoms with Gasteiger partial charge in [-0.1, -0.05) is 18.2 Å². The fraction of sp³-hybridized carbons (Fsp3) is 0.300. The number of Topliss-reactive ketones (excluding diaryl/α,β-unsaturated/α-hetero) is 1. The fourth-order valence-corrected chi connectivity index (χ4v) is 2.99. The molecule has 0 atom stereocenters. The van der Waals surface area contributed by atoms with Gasteiger partial charge >= 0.3 is 0 Å². The lowest BCUT2D eigenvalue weighted by molar-refractivity contribution is -0.116. The normalized spacial score (nSPS) is 24.8. The van der Waals surface area contributed by atoms with E-state index in [4.69, 9.17) is 0 Å². The van der Waals surface area contributed by atoms with Gasteiger partial charge in [-0.2, -0.15) is 0 Å². The molecular formula is C20H21FN2O.